The predicted molar refractivity (Wildman–Crippen MR) is 53.1 cm³/mol. The molecule has 0 aliphatic carbocycles. The number of ether oxygens (including phenoxy) is 1. The van der Waals surface area contributed by atoms with Crippen LogP contribution in [-0.2, 0) is 4.74 Å². The molecule has 74 valence electrons. The fourth-order valence-electron chi connectivity index (χ4n) is 1.13. The van der Waals surface area contributed by atoms with Crippen LogP contribution in [0, 0.1) is 11.8 Å². The molecule has 2 N–H and O–H groups in total. The topological polar surface area (TPSA) is 35.2 Å². The molecule has 0 rings (SSSR count). The Morgan fingerprint density at radius 2 is 1.58 bits per heavy atom. The summed E-state index contributed by atoms with van der Waals surface area (Å²) in [4.78, 5) is 0. The Kier molecular flexibility index (Phi) is 6.39. The molecule has 0 saturated carbocycles. The van der Waals surface area contributed by atoms with Crippen molar-refractivity contribution in [2.75, 3.05) is 13.2 Å². The van der Waals surface area contributed by atoms with Gasteiger partial charge in [-0.3, -0.25) is 0 Å². The van der Waals surface area contributed by atoms with E-state index in [1.165, 1.54) is 0 Å². The first kappa shape index (κ1) is 11.9. The monoisotopic (exact) mass is 173 g/mol. The number of hydrogen-bond acceptors (Lipinski definition) is 2. The van der Waals surface area contributed by atoms with Gasteiger partial charge in [0.1, 0.15) is 0 Å². The van der Waals surface area contributed by atoms with Crippen LogP contribution in [0.5, 0.6) is 0 Å². The van der Waals surface area contributed by atoms with E-state index in [0.29, 0.717) is 18.4 Å². The van der Waals surface area contributed by atoms with Crippen LogP contribution >= 0.6 is 0 Å². The smallest absolute Gasteiger partial charge is 0.0617 e. The highest BCUT2D eigenvalue weighted by molar-refractivity contribution is 4.62. The van der Waals surface area contributed by atoms with Gasteiger partial charge in [-0.25, -0.2) is 0 Å². The Hall–Kier alpha value is -0.0800. The lowest BCUT2D eigenvalue weighted by Gasteiger charge is -2.14. The molecule has 0 aromatic heterocycles. The van der Waals surface area contributed by atoms with Gasteiger partial charge in [-0.15, -0.1) is 0 Å². The van der Waals surface area contributed by atoms with Crippen molar-refractivity contribution >= 4 is 0 Å². The molecular weight excluding hydrogens is 150 g/mol. The van der Waals surface area contributed by atoms with E-state index in [0.717, 1.165) is 13.0 Å². The lowest BCUT2D eigenvalue weighted by Crippen LogP contribution is -2.28. The maximum atomic E-state index is 5.84. The molecule has 1 atom stereocenters. The molecule has 0 fully saturated rings. The number of rotatable bonds is 6. The molecule has 12 heavy (non-hydrogen) atoms. The molecule has 0 aromatic carbocycles. The zero-order valence-electron chi connectivity index (χ0n) is 8.84. The molecule has 0 radical (unpaired) electrons. The zero-order valence-corrected chi connectivity index (χ0v) is 8.84. The van der Waals surface area contributed by atoms with Crippen molar-refractivity contribution in [3.8, 4) is 0 Å². The van der Waals surface area contributed by atoms with E-state index in [4.69, 9.17) is 10.5 Å². The molecule has 0 heterocycles. The minimum Gasteiger partial charge on any atom is -0.380 e. The highest BCUT2D eigenvalue weighted by Crippen LogP contribution is 2.03. The molecule has 0 aromatic rings. The van der Waals surface area contributed by atoms with Gasteiger partial charge in [-0.2, -0.15) is 0 Å². The van der Waals surface area contributed by atoms with E-state index in [-0.39, 0.29) is 6.04 Å². The Morgan fingerprint density at radius 3 is 2.00 bits per heavy atom. The normalized spacial score (nSPS) is 14.2. The maximum absolute atomic E-state index is 5.84. The third-order valence-corrected chi connectivity index (χ3v) is 1.56. The summed E-state index contributed by atoms with van der Waals surface area (Å²) in [6, 6.07) is 0.212. The van der Waals surface area contributed by atoms with E-state index in [1.807, 2.05) is 0 Å². The van der Waals surface area contributed by atoms with Gasteiger partial charge in [0.15, 0.2) is 0 Å². The average Bonchev–Trinajstić information content (AvgIpc) is 1.84. The van der Waals surface area contributed by atoms with E-state index >= 15 is 0 Å². The van der Waals surface area contributed by atoms with Crippen LogP contribution in [0.3, 0.4) is 0 Å². The Labute approximate surface area is 76.5 Å². The van der Waals surface area contributed by atoms with Crippen molar-refractivity contribution in [1.29, 1.82) is 0 Å². The van der Waals surface area contributed by atoms with Gasteiger partial charge in [0, 0.05) is 12.6 Å². The van der Waals surface area contributed by atoms with Crippen LogP contribution < -0.4 is 5.73 Å². The molecule has 0 aliphatic heterocycles. The van der Waals surface area contributed by atoms with Crippen molar-refractivity contribution < 1.29 is 4.74 Å². The maximum Gasteiger partial charge on any atom is 0.0617 e. The molecule has 0 spiro atoms. The largest absolute Gasteiger partial charge is 0.380 e. The van der Waals surface area contributed by atoms with Gasteiger partial charge in [-0.05, 0) is 18.3 Å². The third-order valence-electron chi connectivity index (χ3n) is 1.56. The first-order valence-corrected chi connectivity index (χ1v) is 4.85. The van der Waals surface area contributed by atoms with E-state index in [1.54, 1.807) is 0 Å². The molecule has 0 amide bonds. The summed E-state index contributed by atoms with van der Waals surface area (Å²) in [5.74, 6) is 1.28. The highest BCUT2D eigenvalue weighted by Gasteiger charge is 2.05. The van der Waals surface area contributed by atoms with Gasteiger partial charge in [-0.1, -0.05) is 27.7 Å². The van der Waals surface area contributed by atoms with Gasteiger partial charge in [0.25, 0.3) is 0 Å². The summed E-state index contributed by atoms with van der Waals surface area (Å²) in [7, 11) is 0. The first-order valence-electron chi connectivity index (χ1n) is 4.85. The number of hydrogen-bond donors (Lipinski definition) is 1. The summed E-state index contributed by atoms with van der Waals surface area (Å²) >= 11 is 0. The Morgan fingerprint density at radius 1 is 1.00 bits per heavy atom. The van der Waals surface area contributed by atoms with E-state index in [9.17, 15) is 0 Å². The highest BCUT2D eigenvalue weighted by atomic mass is 16.5. The second-order valence-electron chi connectivity index (χ2n) is 4.32. The molecular formula is C10H23NO. The van der Waals surface area contributed by atoms with Gasteiger partial charge in [0.2, 0.25) is 0 Å². The molecule has 0 saturated heterocycles. The zero-order chi connectivity index (χ0) is 9.56. The second-order valence-corrected chi connectivity index (χ2v) is 4.32. The van der Waals surface area contributed by atoms with E-state index < -0.39 is 0 Å². The summed E-state index contributed by atoms with van der Waals surface area (Å²) in [5, 5.41) is 0. The molecule has 0 unspecified atom stereocenters. The van der Waals surface area contributed by atoms with Crippen molar-refractivity contribution in [1.82, 2.24) is 0 Å². The lowest BCUT2D eigenvalue weighted by atomic mass is 10.1. The van der Waals surface area contributed by atoms with E-state index in [2.05, 4.69) is 27.7 Å². The molecule has 0 aliphatic rings. The van der Waals surface area contributed by atoms with Crippen LogP contribution in [0.25, 0.3) is 0 Å². The summed E-state index contributed by atoms with van der Waals surface area (Å²) < 4.78 is 5.43. The first-order chi connectivity index (χ1) is 5.52. The van der Waals surface area contributed by atoms with Crippen LogP contribution in [0.2, 0.25) is 0 Å². The summed E-state index contributed by atoms with van der Waals surface area (Å²) in [6.45, 7) is 10.2. The minimum atomic E-state index is 0.212. The quantitative estimate of drug-likeness (QED) is 0.667. The van der Waals surface area contributed by atoms with Gasteiger partial charge >= 0.3 is 0 Å². The molecule has 2 nitrogen and oxygen atoms in total. The second kappa shape index (κ2) is 6.44. The molecule has 2 heteroatoms. The van der Waals surface area contributed by atoms with Crippen molar-refractivity contribution in [2.24, 2.45) is 17.6 Å². The summed E-state index contributed by atoms with van der Waals surface area (Å²) in [5.41, 5.74) is 5.84. The number of nitrogens with two attached hydrogens (primary N) is 1. The lowest BCUT2D eigenvalue weighted by molar-refractivity contribution is 0.0940. The predicted octanol–water partition coefficient (Wildman–Crippen LogP) is 2.03. The van der Waals surface area contributed by atoms with Gasteiger partial charge < -0.3 is 10.5 Å². The fourth-order valence-corrected chi connectivity index (χ4v) is 1.13. The Balaban J connectivity index is 3.25. The van der Waals surface area contributed by atoms with Crippen LogP contribution in [-0.4, -0.2) is 19.3 Å². The van der Waals surface area contributed by atoms with Crippen LogP contribution in [0.15, 0.2) is 0 Å². The van der Waals surface area contributed by atoms with Crippen molar-refractivity contribution in [3.05, 3.63) is 0 Å². The molecule has 0 bridgehead atoms. The third kappa shape index (κ3) is 8.02. The standard InChI is InChI=1S/C10H23NO/c1-8(2)5-10(11)7-12-6-9(3)4/h8-10H,5-7,11H2,1-4H3/t10-/m0/s1. The van der Waals surface area contributed by atoms with Crippen molar-refractivity contribution in [2.45, 2.75) is 40.2 Å². The Bertz CT molecular complexity index is 102. The fraction of sp³-hybridized carbons (Fsp3) is 1.00. The summed E-state index contributed by atoms with van der Waals surface area (Å²) in [6.07, 6.45) is 1.05. The van der Waals surface area contributed by atoms with Crippen LogP contribution in [0.1, 0.15) is 34.1 Å². The minimum absolute atomic E-state index is 0.212. The van der Waals surface area contributed by atoms with Crippen LogP contribution in [0.4, 0.5) is 0 Å². The SMILES string of the molecule is CC(C)COC[C@@H](N)CC(C)C. The average molecular weight is 173 g/mol. The van der Waals surface area contributed by atoms with Gasteiger partial charge in [0.05, 0.1) is 6.61 Å². The van der Waals surface area contributed by atoms with Crippen molar-refractivity contribution in [3.63, 3.8) is 0 Å².